The minimum Gasteiger partial charge on any atom is -0.496 e. The maximum absolute atomic E-state index is 12.6. The van der Waals surface area contributed by atoms with Crippen LogP contribution in [0.25, 0.3) is 28.0 Å². The third-order valence-corrected chi connectivity index (χ3v) is 7.46. The molecule has 1 aliphatic rings. The first kappa shape index (κ1) is 26.3. The number of pyridine rings is 1. The van der Waals surface area contributed by atoms with Crippen molar-refractivity contribution >= 4 is 23.2 Å². The van der Waals surface area contributed by atoms with Gasteiger partial charge in [0.15, 0.2) is 11.4 Å². The number of hydrogen-bond acceptors (Lipinski definition) is 9. The molecule has 0 amide bonds. The second-order valence-electron chi connectivity index (χ2n) is 9.92. The SMILES string of the molecule is COc1ccc(-c2ccc(-c3cnn4c(N)c(C(C)=O)c(C5CCC(O)(CO)CC5)nc34)cn2)cc1C(=O)O. The average molecular weight is 532 g/mol. The molecular weight excluding hydrogens is 502 g/mol. The number of rotatable bonds is 7. The lowest BCUT2D eigenvalue weighted by molar-refractivity contribution is -0.0458. The average Bonchev–Trinajstić information content (AvgIpc) is 3.37. The maximum Gasteiger partial charge on any atom is 0.339 e. The number of nitrogens with two attached hydrogens (primary N) is 1. The number of aliphatic hydroxyl groups is 2. The maximum atomic E-state index is 12.6. The Morgan fingerprint density at radius 3 is 2.46 bits per heavy atom. The van der Waals surface area contributed by atoms with Gasteiger partial charge in [-0.1, -0.05) is 6.07 Å². The molecule has 39 heavy (non-hydrogen) atoms. The molecule has 0 bridgehead atoms. The van der Waals surface area contributed by atoms with Crippen LogP contribution in [0.1, 0.15) is 64.9 Å². The minimum atomic E-state index is -1.12. The summed E-state index contributed by atoms with van der Waals surface area (Å²) in [5.74, 6) is -0.966. The van der Waals surface area contributed by atoms with Gasteiger partial charge in [0.05, 0.1) is 42.5 Å². The van der Waals surface area contributed by atoms with Crippen LogP contribution in [0, 0.1) is 0 Å². The van der Waals surface area contributed by atoms with E-state index < -0.39 is 11.6 Å². The minimum absolute atomic E-state index is 0.0390. The Kier molecular flexibility index (Phi) is 6.79. The molecule has 1 saturated carbocycles. The Hall–Kier alpha value is -4.35. The van der Waals surface area contributed by atoms with E-state index in [0.717, 1.165) is 0 Å². The van der Waals surface area contributed by atoms with Crippen molar-refractivity contribution in [3.8, 4) is 28.1 Å². The number of benzene rings is 1. The Labute approximate surface area is 223 Å². The molecule has 0 aliphatic heterocycles. The number of nitrogen functional groups attached to an aromatic ring is 1. The molecule has 0 saturated heterocycles. The van der Waals surface area contributed by atoms with Crippen molar-refractivity contribution in [3.05, 3.63) is 59.5 Å². The second-order valence-corrected chi connectivity index (χ2v) is 9.92. The number of carbonyl (C=O) groups excluding carboxylic acids is 1. The molecule has 0 unspecified atom stereocenters. The van der Waals surface area contributed by atoms with Gasteiger partial charge in [-0.25, -0.2) is 9.78 Å². The van der Waals surface area contributed by atoms with Crippen LogP contribution in [0.15, 0.2) is 42.7 Å². The summed E-state index contributed by atoms with van der Waals surface area (Å²) in [6.07, 6.45) is 5.16. The fourth-order valence-corrected chi connectivity index (χ4v) is 5.24. The van der Waals surface area contributed by atoms with Gasteiger partial charge >= 0.3 is 5.97 Å². The van der Waals surface area contributed by atoms with E-state index in [9.17, 15) is 24.9 Å². The van der Waals surface area contributed by atoms with Crippen LogP contribution in [0.4, 0.5) is 5.82 Å². The number of nitrogens with zero attached hydrogens (tertiary/aromatic N) is 4. The standard InChI is InChI=1S/C28H29N5O6/c1-15(35)23-24(16-7-9-28(38,14-34)10-8-16)32-26-20(13-31-33(26)25(23)29)18-3-5-21(30-12-18)17-4-6-22(39-2)19(11-17)27(36)37/h3-6,11-13,16,34,38H,7-10,14,29H2,1-2H3,(H,36,37). The first-order valence-electron chi connectivity index (χ1n) is 12.5. The third kappa shape index (κ3) is 4.70. The van der Waals surface area contributed by atoms with Crippen LogP contribution in [0.3, 0.4) is 0 Å². The second kappa shape index (κ2) is 10.1. The predicted molar refractivity (Wildman–Crippen MR) is 143 cm³/mol. The number of aromatic nitrogens is 4. The van der Waals surface area contributed by atoms with Crippen molar-refractivity contribution in [2.45, 2.75) is 44.1 Å². The van der Waals surface area contributed by atoms with E-state index in [1.165, 1.54) is 24.6 Å². The van der Waals surface area contributed by atoms with E-state index in [2.05, 4.69) is 10.1 Å². The van der Waals surface area contributed by atoms with Gasteiger partial charge in [-0.15, -0.1) is 0 Å². The van der Waals surface area contributed by atoms with Crippen LogP contribution in [-0.2, 0) is 0 Å². The quantitative estimate of drug-likeness (QED) is 0.259. The third-order valence-electron chi connectivity index (χ3n) is 7.46. The van der Waals surface area contributed by atoms with Gasteiger partial charge in [-0.2, -0.15) is 9.61 Å². The molecule has 5 N–H and O–H groups in total. The van der Waals surface area contributed by atoms with Crippen LogP contribution in [0.2, 0.25) is 0 Å². The summed E-state index contributed by atoms with van der Waals surface area (Å²) in [6, 6.07) is 8.45. The number of ether oxygens (including phenoxy) is 1. The number of aromatic carboxylic acids is 1. The van der Waals surface area contributed by atoms with E-state index in [-0.39, 0.29) is 35.4 Å². The number of methoxy groups -OCH3 is 1. The molecule has 11 heteroatoms. The van der Waals surface area contributed by atoms with Crippen LogP contribution >= 0.6 is 0 Å². The van der Waals surface area contributed by atoms with Crippen LogP contribution < -0.4 is 10.5 Å². The molecule has 11 nitrogen and oxygen atoms in total. The van der Waals surface area contributed by atoms with Crippen molar-refractivity contribution < 1.29 is 29.6 Å². The molecule has 5 rings (SSSR count). The lowest BCUT2D eigenvalue weighted by Gasteiger charge is -2.34. The normalized spacial score (nSPS) is 19.2. The summed E-state index contributed by atoms with van der Waals surface area (Å²) in [5.41, 5.74) is 9.30. The number of aliphatic hydroxyl groups excluding tert-OH is 1. The van der Waals surface area contributed by atoms with Gasteiger partial charge in [-0.3, -0.25) is 9.78 Å². The molecule has 0 atom stereocenters. The Balaban J connectivity index is 1.54. The summed E-state index contributed by atoms with van der Waals surface area (Å²) in [6.45, 7) is 1.13. The highest BCUT2D eigenvalue weighted by Crippen LogP contribution is 2.40. The summed E-state index contributed by atoms with van der Waals surface area (Å²) in [7, 11) is 1.42. The fourth-order valence-electron chi connectivity index (χ4n) is 5.24. The smallest absolute Gasteiger partial charge is 0.339 e. The van der Waals surface area contributed by atoms with E-state index in [1.807, 2.05) is 6.07 Å². The number of carboxylic acids is 1. The Bertz CT molecular complexity index is 1570. The number of anilines is 1. The molecule has 4 aromatic rings. The zero-order valence-corrected chi connectivity index (χ0v) is 21.6. The Morgan fingerprint density at radius 1 is 1.15 bits per heavy atom. The van der Waals surface area contributed by atoms with Crippen LogP contribution in [-0.4, -0.2) is 66.0 Å². The van der Waals surface area contributed by atoms with E-state index in [4.69, 9.17) is 15.5 Å². The number of Topliss-reactive ketones (excluding diaryl/α,β-unsaturated/α-hetero) is 1. The number of fused-ring (bicyclic) bond motifs is 1. The van der Waals surface area contributed by atoms with Gasteiger partial charge in [0, 0.05) is 28.8 Å². The van der Waals surface area contributed by atoms with Gasteiger partial charge < -0.3 is 25.8 Å². The van der Waals surface area contributed by atoms with E-state index >= 15 is 0 Å². The Morgan fingerprint density at radius 2 is 1.87 bits per heavy atom. The summed E-state index contributed by atoms with van der Waals surface area (Å²) < 4.78 is 6.58. The number of hydrogen-bond donors (Lipinski definition) is 4. The lowest BCUT2D eigenvalue weighted by atomic mass is 9.77. The molecule has 3 heterocycles. The van der Waals surface area contributed by atoms with Gasteiger partial charge in [0.25, 0.3) is 0 Å². The van der Waals surface area contributed by atoms with Crippen molar-refractivity contribution in [1.82, 2.24) is 19.6 Å². The van der Waals surface area contributed by atoms with Gasteiger partial charge in [-0.05, 0) is 56.9 Å². The molecule has 0 radical (unpaired) electrons. The summed E-state index contributed by atoms with van der Waals surface area (Å²) in [4.78, 5) is 33.6. The van der Waals surface area contributed by atoms with Crippen LogP contribution in [0.5, 0.6) is 5.75 Å². The van der Waals surface area contributed by atoms with E-state index in [1.54, 1.807) is 30.6 Å². The van der Waals surface area contributed by atoms with E-state index in [0.29, 0.717) is 65.0 Å². The number of carboxylic acid groups (broad SMARTS) is 1. The first-order chi connectivity index (χ1) is 18.7. The molecule has 0 spiro atoms. The topological polar surface area (TPSA) is 173 Å². The zero-order valence-electron chi connectivity index (χ0n) is 21.6. The van der Waals surface area contributed by atoms with Gasteiger partial charge in [0.1, 0.15) is 17.1 Å². The number of carbonyl (C=O) groups is 2. The highest BCUT2D eigenvalue weighted by atomic mass is 16.5. The first-order valence-corrected chi connectivity index (χ1v) is 12.5. The molecular formula is C28H29N5O6. The largest absolute Gasteiger partial charge is 0.496 e. The molecule has 1 aromatic carbocycles. The number of ketones is 1. The molecule has 1 aliphatic carbocycles. The summed E-state index contributed by atoms with van der Waals surface area (Å²) in [5, 5.41) is 33.9. The van der Waals surface area contributed by atoms with Crippen molar-refractivity contribution in [2.24, 2.45) is 0 Å². The highest BCUT2D eigenvalue weighted by molar-refractivity contribution is 6.00. The van der Waals surface area contributed by atoms with Gasteiger partial charge in [0.2, 0.25) is 0 Å². The fraction of sp³-hybridized carbons (Fsp3) is 0.321. The monoisotopic (exact) mass is 531 g/mol. The molecule has 1 fully saturated rings. The molecule has 3 aromatic heterocycles. The zero-order chi connectivity index (χ0) is 27.9. The summed E-state index contributed by atoms with van der Waals surface area (Å²) >= 11 is 0. The van der Waals surface area contributed by atoms with Crippen molar-refractivity contribution in [3.63, 3.8) is 0 Å². The predicted octanol–water partition coefficient (Wildman–Crippen LogP) is 3.33. The lowest BCUT2D eigenvalue weighted by Crippen LogP contribution is -2.37. The molecule has 202 valence electrons. The van der Waals surface area contributed by atoms with Crippen molar-refractivity contribution in [2.75, 3.05) is 19.5 Å². The van der Waals surface area contributed by atoms with Crippen molar-refractivity contribution in [1.29, 1.82) is 0 Å². The highest BCUT2D eigenvalue weighted by Gasteiger charge is 2.36.